The van der Waals surface area contributed by atoms with Crippen molar-refractivity contribution in [2.45, 2.75) is 13.5 Å². The Morgan fingerprint density at radius 1 is 1.19 bits per heavy atom. The average molecular weight is 292 g/mol. The fraction of sp³-hybridized carbons (Fsp3) is 0.533. The molecule has 21 heavy (non-hydrogen) atoms. The number of nitrogens with zero attached hydrogens (tertiary/aromatic N) is 3. The van der Waals surface area contributed by atoms with Gasteiger partial charge in [-0.1, -0.05) is 0 Å². The van der Waals surface area contributed by atoms with Gasteiger partial charge in [0, 0.05) is 46.2 Å². The van der Waals surface area contributed by atoms with E-state index in [1.54, 1.807) is 14.2 Å². The Labute approximate surface area is 125 Å². The predicted octanol–water partition coefficient (Wildman–Crippen LogP) is 1.20. The SMILES string of the molecule is COCCN(CCOC)c1cc(C)c2nc(CN)cn2c1. The summed E-state index contributed by atoms with van der Waals surface area (Å²) in [4.78, 5) is 6.78. The molecule has 0 saturated heterocycles. The molecule has 2 N–H and O–H groups in total. The first-order valence-corrected chi connectivity index (χ1v) is 7.10. The maximum atomic E-state index is 5.67. The summed E-state index contributed by atoms with van der Waals surface area (Å²) >= 11 is 0. The van der Waals surface area contributed by atoms with Crippen LogP contribution in [0.5, 0.6) is 0 Å². The summed E-state index contributed by atoms with van der Waals surface area (Å²) in [6.07, 6.45) is 4.07. The lowest BCUT2D eigenvalue weighted by atomic mass is 10.2. The van der Waals surface area contributed by atoms with Crippen molar-refractivity contribution < 1.29 is 9.47 Å². The first-order valence-electron chi connectivity index (χ1n) is 7.10. The summed E-state index contributed by atoms with van der Waals surface area (Å²) in [6, 6.07) is 2.15. The number of aryl methyl sites for hydroxylation is 1. The van der Waals surface area contributed by atoms with Crippen LogP contribution in [0.25, 0.3) is 5.65 Å². The average Bonchev–Trinajstić information content (AvgIpc) is 2.91. The van der Waals surface area contributed by atoms with Crippen LogP contribution >= 0.6 is 0 Å². The molecular formula is C15H24N4O2. The smallest absolute Gasteiger partial charge is 0.140 e. The standard InChI is InChI=1S/C15H24N4O2/c1-12-8-14(18(4-6-20-2)5-7-21-3)11-19-10-13(9-16)17-15(12)19/h8,10-11H,4-7,9,16H2,1-3H3. The van der Waals surface area contributed by atoms with E-state index in [9.17, 15) is 0 Å². The van der Waals surface area contributed by atoms with Crippen LogP contribution in [0.3, 0.4) is 0 Å². The summed E-state index contributed by atoms with van der Waals surface area (Å²) in [5, 5.41) is 0. The number of imidazole rings is 1. The van der Waals surface area contributed by atoms with Gasteiger partial charge in [-0.3, -0.25) is 0 Å². The van der Waals surface area contributed by atoms with E-state index >= 15 is 0 Å². The Balaban J connectivity index is 2.32. The molecule has 0 unspecified atom stereocenters. The van der Waals surface area contributed by atoms with Crippen LogP contribution in [0, 0.1) is 6.92 Å². The molecule has 0 amide bonds. The van der Waals surface area contributed by atoms with Crippen LogP contribution in [0.2, 0.25) is 0 Å². The van der Waals surface area contributed by atoms with Gasteiger partial charge in [0.25, 0.3) is 0 Å². The van der Waals surface area contributed by atoms with Crippen molar-refractivity contribution in [3.63, 3.8) is 0 Å². The topological polar surface area (TPSA) is 65.0 Å². The summed E-state index contributed by atoms with van der Waals surface area (Å²) < 4.78 is 12.4. The molecule has 0 aliphatic heterocycles. The molecule has 0 aromatic carbocycles. The maximum Gasteiger partial charge on any atom is 0.140 e. The highest BCUT2D eigenvalue weighted by atomic mass is 16.5. The fourth-order valence-electron chi connectivity index (χ4n) is 2.34. The van der Waals surface area contributed by atoms with Crippen LogP contribution < -0.4 is 10.6 Å². The van der Waals surface area contributed by atoms with Crippen molar-refractivity contribution in [2.75, 3.05) is 45.4 Å². The van der Waals surface area contributed by atoms with Gasteiger partial charge in [0.1, 0.15) is 5.65 Å². The van der Waals surface area contributed by atoms with Crippen molar-refractivity contribution in [3.05, 3.63) is 29.7 Å². The van der Waals surface area contributed by atoms with E-state index in [1.807, 2.05) is 10.6 Å². The monoisotopic (exact) mass is 292 g/mol. The van der Waals surface area contributed by atoms with Crippen LogP contribution in [0.4, 0.5) is 5.69 Å². The van der Waals surface area contributed by atoms with Gasteiger partial charge in [0.2, 0.25) is 0 Å². The molecule has 0 bridgehead atoms. The Kier molecular flexibility index (Phi) is 5.55. The summed E-state index contributed by atoms with van der Waals surface area (Å²) in [5.74, 6) is 0. The number of rotatable bonds is 8. The normalized spacial score (nSPS) is 11.2. The van der Waals surface area contributed by atoms with Gasteiger partial charge in [-0.05, 0) is 18.6 Å². The number of aromatic nitrogens is 2. The number of anilines is 1. The Bertz CT molecular complexity index is 574. The van der Waals surface area contributed by atoms with E-state index in [2.05, 4.69) is 29.1 Å². The molecule has 0 aliphatic rings. The van der Waals surface area contributed by atoms with Gasteiger partial charge in [0.15, 0.2) is 0 Å². The largest absolute Gasteiger partial charge is 0.383 e. The van der Waals surface area contributed by atoms with Gasteiger partial charge in [-0.15, -0.1) is 0 Å². The van der Waals surface area contributed by atoms with Gasteiger partial charge in [0.05, 0.1) is 24.6 Å². The van der Waals surface area contributed by atoms with Crippen molar-refractivity contribution in [1.82, 2.24) is 9.38 Å². The molecular weight excluding hydrogens is 268 g/mol. The van der Waals surface area contributed by atoms with E-state index in [-0.39, 0.29) is 0 Å². The first-order chi connectivity index (χ1) is 10.2. The minimum absolute atomic E-state index is 0.452. The third kappa shape index (κ3) is 3.72. The molecule has 0 fully saturated rings. The molecule has 6 heteroatoms. The van der Waals surface area contributed by atoms with Crippen LogP contribution in [0.15, 0.2) is 18.5 Å². The number of methoxy groups -OCH3 is 2. The zero-order valence-electron chi connectivity index (χ0n) is 13.0. The molecule has 0 saturated carbocycles. The number of pyridine rings is 1. The number of ether oxygens (including phenoxy) is 2. The third-order valence-corrected chi connectivity index (χ3v) is 3.48. The second kappa shape index (κ2) is 7.40. The number of hydrogen-bond acceptors (Lipinski definition) is 5. The lowest BCUT2D eigenvalue weighted by Gasteiger charge is -2.24. The molecule has 0 atom stereocenters. The molecule has 2 heterocycles. The van der Waals surface area contributed by atoms with Crippen molar-refractivity contribution in [3.8, 4) is 0 Å². The van der Waals surface area contributed by atoms with Crippen LogP contribution in [0.1, 0.15) is 11.3 Å². The highest BCUT2D eigenvalue weighted by Gasteiger charge is 2.11. The minimum atomic E-state index is 0.452. The Hall–Kier alpha value is -1.63. The van der Waals surface area contributed by atoms with E-state index in [4.69, 9.17) is 15.2 Å². The second-order valence-electron chi connectivity index (χ2n) is 5.02. The second-order valence-corrected chi connectivity index (χ2v) is 5.02. The lowest BCUT2D eigenvalue weighted by molar-refractivity contribution is 0.190. The Morgan fingerprint density at radius 2 is 1.86 bits per heavy atom. The van der Waals surface area contributed by atoms with Crippen molar-refractivity contribution in [2.24, 2.45) is 5.73 Å². The zero-order chi connectivity index (χ0) is 15.2. The quantitative estimate of drug-likeness (QED) is 0.792. The minimum Gasteiger partial charge on any atom is -0.383 e. The summed E-state index contributed by atoms with van der Waals surface area (Å²) in [5.41, 5.74) is 9.79. The fourth-order valence-corrected chi connectivity index (χ4v) is 2.34. The predicted molar refractivity (Wildman–Crippen MR) is 83.8 cm³/mol. The maximum absolute atomic E-state index is 5.67. The summed E-state index contributed by atoms with van der Waals surface area (Å²) in [7, 11) is 3.43. The van der Waals surface area contributed by atoms with Crippen molar-refractivity contribution in [1.29, 1.82) is 0 Å². The molecule has 6 nitrogen and oxygen atoms in total. The molecule has 0 aliphatic carbocycles. The van der Waals surface area contributed by atoms with E-state index in [0.29, 0.717) is 19.8 Å². The molecule has 0 radical (unpaired) electrons. The van der Waals surface area contributed by atoms with E-state index in [1.165, 1.54) is 0 Å². The zero-order valence-corrected chi connectivity index (χ0v) is 13.0. The first kappa shape index (κ1) is 15.8. The molecule has 116 valence electrons. The van der Waals surface area contributed by atoms with Gasteiger partial charge in [-0.2, -0.15) is 0 Å². The van der Waals surface area contributed by atoms with Gasteiger partial charge < -0.3 is 24.5 Å². The van der Waals surface area contributed by atoms with Gasteiger partial charge in [-0.25, -0.2) is 4.98 Å². The Morgan fingerprint density at radius 3 is 2.43 bits per heavy atom. The van der Waals surface area contributed by atoms with Crippen molar-refractivity contribution >= 4 is 11.3 Å². The highest BCUT2D eigenvalue weighted by molar-refractivity contribution is 5.58. The summed E-state index contributed by atoms with van der Waals surface area (Å²) in [6.45, 7) is 5.52. The molecule has 2 rings (SSSR count). The van der Waals surface area contributed by atoms with E-state index in [0.717, 1.165) is 35.7 Å². The van der Waals surface area contributed by atoms with Crippen LogP contribution in [-0.4, -0.2) is 49.9 Å². The number of nitrogens with two attached hydrogens (primary N) is 1. The molecule has 2 aromatic rings. The van der Waals surface area contributed by atoms with Crippen LogP contribution in [-0.2, 0) is 16.0 Å². The van der Waals surface area contributed by atoms with Gasteiger partial charge >= 0.3 is 0 Å². The number of hydrogen-bond donors (Lipinski definition) is 1. The lowest BCUT2D eigenvalue weighted by Crippen LogP contribution is -2.30. The van der Waals surface area contributed by atoms with E-state index < -0.39 is 0 Å². The third-order valence-electron chi connectivity index (χ3n) is 3.48. The number of fused-ring (bicyclic) bond motifs is 1. The molecule has 2 aromatic heterocycles. The molecule has 0 spiro atoms. The highest BCUT2D eigenvalue weighted by Crippen LogP contribution is 2.20.